The first-order valence-corrected chi connectivity index (χ1v) is 14.5. The monoisotopic (exact) mass is 668 g/mol. The van der Waals surface area contributed by atoms with Crippen LogP contribution in [0.1, 0.15) is 32.6 Å². The van der Waals surface area contributed by atoms with Gasteiger partial charge in [0.25, 0.3) is 5.91 Å². The summed E-state index contributed by atoms with van der Waals surface area (Å²) in [4.78, 5) is 34.1. The molecule has 0 fully saturated rings. The summed E-state index contributed by atoms with van der Waals surface area (Å²) in [7, 11) is 1.69. The number of nitrogens with zero attached hydrogens (tertiary/aromatic N) is 5. The molecule has 1 aliphatic rings. The van der Waals surface area contributed by atoms with Crippen LogP contribution < -0.4 is 16.0 Å². The Morgan fingerprint density at radius 2 is 1.67 bits per heavy atom. The summed E-state index contributed by atoms with van der Waals surface area (Å²) in [6, 6.07) is 14.3. The van der Waals surface area contributed by atoms with Crippen LogP contribution in [0.25, 0.3) is 11.0 Å². The van der Waals surface area contributed by atoms with Crippen molar-refractivity contribution in [3.8, 4) is 0 Å². The summed E-state index contributed by atoms with van der Waals surface area (Å²) in [5.41, 5.74) is 3.13. The highest BCUT2D eigenvalue weighted by Gasteiger charge is 2.43. The van der Waals surface area contributed by atoms with E-state index in [2.05, 4.69) is 31.0 Å². The first-order chi connectivity index (χ1) is 22.7. The topological polar surface area (TPSA) is 117 Å². The highest BCUT2D eigenvalue weighted by atomic mass is 19.4. The third-order valence-electron chi connectivity index (χ3n) is 7.77. The number of fused-ring (bicyclic) bond motifs is 2. The van der Waals surface area contributed by atoms with Crippen LogP contribution in [-0.4, -0.2) is 49.2 Å². The minimum absolute atomic E-state index is 0.0156. The molecule has 3 heterocycles. The Balaban J connectivity index is 1.15. The van der Waals surface area contributed by atoms with Gasteiger partial charge >= 0.3 is 18.3 Å². The molecule has 0 atom stereocenters. The molecule has 3 N–H and O–H groups in total. The van der Waals surface area contributed by atoms with Crippen molar-refractivity contribution in [3.63, 3.8) is 0 Å². The molecule has 0 bridgehead atoms. The Hall–Kier alpha value is -5.67. The molecule has 0 saturated heterocycles. The standard InChI is InChI=1S/C32H26F6N8O2/c1-17-12-22(40-28(47)19-4-3-5-21(13-19)31(33,34)35)8-9-25(17)42-26-24-15-39-30(43-27(24)45(2)44-26)41-23-7-6-18-10-11-46(16-20(18)14-23)29(48)32(36,37)38/h3-9,12-15H,10-11,16H2,1-2H3,(H,40,47)(H,42,44)(H,39,41,43). The van der Waals surface area contributed by atoms with Gasteiger partial charge in [0.2, 0.25) is 5.95 Å². The molecule has 0 radical (unpaired) electrons. The van der Waals surface area contributed by atoms with Crippen molar-refractivity contribution in [2.24, 2.45) is 7.05 Å². The van der Waals surface area contributed by atoms with E-state index in [-0.39, 0.29) is 24.6 Å². The molecule has 0 saturated carbocycles. The second-order valence-corrected chi connectivity index (χ2v) is 11.2. The Morgan fingerprint density at radius 1 is 0.896 bits per heavy atom. The molecule has 5 aromatic rings. The second-order valence-electron chi connectivity index (χ2n) is 11.2. The van der Waals surface area contributed by atoms with Gasteiger partial charge in [0.1, 0.15) is 0 Å². The van der Waals surface area contributed by atoms with E-state index in [1.165, 1.54) is 16.8 Å². The average molecular weight is 669 g/mol. The van der Waals surface area contributed by atoms with Crippen molar-refractivity contribution in [2.75, 3.05) is 22.5 Å². The fourth-order valence-corrected chi connectivity index (χ4v) is 5.36. The summed E-state index contributed by atoms with van der Waals surface area (Å²) in [6.07, 6.45) is -7.65. The van der Waals surface area contributed by atoms with Gasteiger partial charge < -0.3 is 20.9 Å². The van der Waals surface area contributed by atoms with Crippen LogP contribution in [0.2, 0.25) is 0 Å². The van der Waals surface area contributed by atoms with Crippen molar-refractivity contribution in [3.05, 3.63) is 94.7 Å². The van der Waals surface area contributed by atoms with Crippen LogP contribution in [0.4, 0.5) is 55.2 Å². The molecule has 2 amide bonds. The van der Waals surface area contributed by atoms with Gasteiger partial charge in [-0.1, -0.05) is 12.1 Å². The molecule has 2 aromatic heterocycles. The highest BCUT2D eigenvalue weighted by Crippen LogP contribution is 2.32. The number of hydrogen-bond acceptors (Lipinski definition) is 7. The van der Waals surface area contributed by atoms with E-state index in [1.807, 2.05) is 0 Å². The van der Waals surface area contributed by atoms with E-state index >= 15 is 0 Å². The fourth-order valence-electron chi connectivity index (χ4n) is 5.36. The lowest BCUT2D eigenvalue weighted by Crippen LogP contribution is -2.43. The van der Waals surface area contributed by atoms with E-state index in [1.54, 1.807) is 56.6 Å². The van der Waals surface area contributed by atoms with Crippen molar-refractivity contribution in [1.29, 1.82) is 0 Å². The number of amides is 2. The van der Waals surface area contributed by atoms with Crippen LogP contribution in [0.3, 0.4) is 0 Å². The minimum atomic E-state index is -4.94. The van der Waals surface area contributed by atoms with Gasteiger partial charge in [-0.05, 0) is 78.6 Å². The van der Waals surface area contributed by atoms with E-state index in [0.717, 1.165) is 22.6 Å². The predicted octanol–water partition coefficient (Wildman–Crippen LogP) is 6.88. The summed E-state index contributed by atoms with van der Waals surface area (Å²) in [6.45, 7) is 1.60. The molecular weight excluding hydrogens is 642 g/mol. The SMILES string of the molecule is Cc1cc(NC(=O)c2cccc(C(F)(F)F)c2)ccc1Nc1nn(C)c2nc(Nc3ccc4c(c3)CN(C(=O)C(F)(F)F)CC4)ncc12. The number of aromatic nitrogens is 4. The van der Waals surface area contributed by atoms with Gasteiger partial charge in [-0.3, -0.25) is 9.59 Å². The van der Waals surface area contributed by atoms with E-state index in [0.29, 0.717) is 51.5 Å². The number of halogens is 6. The summed E-state index contributed by atoms with van der Waals surface area (Å²) in [5, 5.41) is 14.0. The van der Waals surface area contributed by atoms with Gasteiger partial charge in [0.15, 0.2) is 11.5 Å². The van der Waals surface area contributed by atoms with E-state index in [9.17, 15) is 35.9 Å². The highest BCUT2D eigenvalue weighted by molar-refractivity contribution is 6.04. The van der Waals surface area contributed by atoms with Gasteiger partial charge in [-0.15, -0.1) is 0 Å². The molecule has 6 rings (SSSR count). The van der Waals surface area contributed by atoms with Crippen molar-refractivity contribution in [2.45, 2.75) is 32.2 Å². The van der Waals surface area contributed by atoms with E-state index in [4.69, 9.17) is 0 Å². The molecule has 48 heavy (non-hydrogen) atoms. The molecule has 1 aliphatic heterocycles. The zero-order valence-electron chi connectivity index (χ0n) is 25.3. The maximum Gasteiger partial charge on any atom is 0.471 e. The third-order valence-corrected chi connectivity index (χ3v) is 7.77. The zero-order valence-corrected chi connectivity index (χ0v) is 25.3. The second kappa shape index (κ2) is 12.2. The van der Waals surface area contributed by atoms with Crippen LogP contribution in [-0.2, 0) is 31.0 Å². The first-order valence-electron chi connectivity index (χ1n) is 14.5. The summed E-state index contributed by atoms with van der Waals surface area (Å²) in [5.74, 6) is -1.90. The van der Waals surface area contributed by atoms with Crippen LogP contribution in [0.15, 0.2) is 66.9 Å². The summed E-state index contributed by atoms with van der Waals surface area (Å²) >= 11 is 0. The number of hydrogen-bond donors (Lipinski definition) is 3. The Labute approximate surface area is 268 Å². The van der Waals surface area contributed by atoms with Gasteiger partial charge in [0, 0.05) is 49.0 Å². The number of rotatable bonds is 6. The van der Waals surface area contributed by atoms with Gasteiger partial charge in [0.05, 0.1) is 10.9 Å². The van der Waals surface area contributed by atoms with E-state index < -0.39 is 29.7 Å². The van der Waals surface area contributed by atoms with Gasteiger partial charge in [-0.2, -0.15) is 36.4 Å². The lowest BCUT2D eigenvalue weighted by molar-refractivity contribution is -0.186. The predicted molar refractivity (Wildman–Crippen MR) is 165 cm³/mol. The van der Waals surface area contributed by atoms with Crippen molar-refractivity contribution < 1.29 is 35.9 Å². The van der Waals surface area contributed by atoms with Crippen molar-refractivity contribution in [1.82, 2.24) is 24.6 Å². The molecule has 3 aromatic carbocycles. The molecule has 248 valence electrons. The number of aryl methyl sites for hydroxylation is 2. The normalized spacial score (nSPS) is 13.3. The maximum absolute atomic E-state index is 13.1. The smallest absolute Gasteiger partial charge is 0.338 e. The number of carbonyl (C=O) groups is 2. The third kappa shape index (κ3) is 6.72. The van der Waals surface area contributed by atoms with Crippen LogP contribution in [0, 0.1) is 6.92 Å². The lowest BCUT2D eigenvalue weighted by atomic mass is 9.99. The average Bonchev–Trinajstić information content (AvgIpc) is 3.34. The van der Waals surface area contributed by atoms with Crippen LogP contribution in [0.5, 0.6) is 0 Å². The van der Waals surface area contributed by atoms with Gasteiger partial charge in [-0.25, -0.2) is 9.67 Å². The number of alkyl halides is 6. The molecule has 0 aliphatic carbocycles. The zero-order chi connectivity index (χ0) is 34.4. The van der Waals surface area contributed by atoms with Crippen molar-refractivity contribution >= 4 is 51.7 Å². The molecule has 16 heteroatoms. The maximum atomic E-state index is 13.1. The molecule has 10 nitrogen and oxygen atoms in total. The Morgan fingerprint density at radius 3 is 2.40 bits per heavy atom. The van der Waals surface area contributed by atoms with Crippen LogP contribution >= 0.6 is 0 Å². The lowest BCUT2D eigenvalue weighted by Gasteiger charge is -2.29. The quantitative estimate of drug-likeness (QED) is 0.169. The Kier molecular flexibility index (Phi) is 8.18. The Bertz CT molecular complexity index is 2060. The number of nitrogens with one attached hydrogen (secondary N) is 3. The molecular formula is C32H26F6N8O2. The largest absolute Gasteiger partial charge is 0.471 e. The fraction of sp³-hybridized carbons (Fsp3) is 0.219. The summed E-state index contributed by atoms with van der Waals surface area (Å²) < 4.78 is 79.6. The molecule has 0 unspecified atom stereocenters. The number of carbonyl (C=O) groups excluding carboxylic acids is 2. The number of anilines is 5. The minimum Gasteiger partial charge on any atom is -0.338 e. The first kappa shape index (κ1) is 32.3. The number of benzene rings is 3. The molecule has 0 spiro atoms.